The van der Waals surface area contributed by atoms with Crippen LogP contribution in [0.5, 0.6) is 0 Å². The molecule has 0 atom stereocenters. The molecule has 4 N–H and O–H groups in total. The van der Waals surface area contributed by atoms with Gasteiger partial charge >= 0.3 is 0 Å². The number of fused-ring (bicyclic) bond motifs is 2. The van der Waals surface area contributed by atoms with Gasteiger partial charge in [0.15, 0.2) is 0 Å². The number of aromatic amines is 1. The first-order valence-corrected chi connectivity index (χ1v) is 9.09. The summed E-state index contributed by atoms with van der Waals surface area (Å²) in [6.45, 7) is 2.51. The molecule has 0 unspecified atom stereocenters. The van der Waals surface area contributed by atoms with E-state index < -0.39 is 0 Å². The summed E-state index contributed by atoms with van der Waals surface area (Å²) in [6, 6.07) is 6.09. The van der Waals surface area contributed by atoms with Crippen LogP contribution < -0.4 is 11.1 Å². The maximum atomic E-state index is 12.5. The Balaban J connectivity index is 1.90. The number of carbonyl (C=O) groups excluding carboxylic acids is 1. The van der Waals surface area contributed by atoms with Crippen molar-refractivity contribution in [1.82, 2.24) is 20.5 Å². The van der Waals surface area contributed by atoms with Crippen LogP contribution in [0.4, 0.5) is 5.69 Å². The van der Waals surface area contributed by atoms with Crippen LogP contribution in [-0.4, -0.2) is 21.1 Å². The van der Waals surface area contributed by atoms with Gasteiger partial charge in [0.25, 0.3) is 5.91 Å². The highest BCUT2D eigenvalue weighted by Gasteiger charge is 2.29. The van der Waals surface area contributed by atoms with Gasteiger partial charge in [-0.3, -0.25) is 9.89 Å². The number of hydrogen-bond donors (Lipinski definition) is 3. The molecular weight excluding hydrogens is 346 g/mol. The van der Waals surface area contributed by atoms with Gasteiger partial charge in [0.1, 0.15) is 5.01 Å². The molecule has 0 bridgehead atoms. The zero-order chi connectivity index (χ0) is 17.8. The predicted octanol–water partition coefficient (Wildman–Crippen LogP) is 3.49. The Morgan fingerprint density at radius 2 is 2.12 bits per heavy atom. The van der Waals surface area contributed by atoms with Crippen molar-refractivity contribution < 1.29 is 4.79 Å². The molecule has 26 heavy (non-hydrogen) atoms. The number of rotatable bonds is 2. The maximum absolute atomic E-state index is 12.5. The molecule has 1 aliphatic rings. The lowest BCUT2D eigenvalue weighted by Crippen LogP contribution is -2.13. The van der Waals surface area contributed by atoms with Crippen molar-refractivity contribution >= 4 is 33.8 Å². The smallest absolute Gasteiger partial charge is 0.254 e. The second-order valence-electron chi connectivity index (χ2n) is 6.35. The highest BCUT2D eigenvalue weighted by molar-refractivity contribution is 7.13. The van der Waals surface area contributed by atoms with E-state index in [4.69, 9.17) is 5.73 Å². The number of aromatic nitrogens is 3. The summed E-state index contributed by atoms with van der Waals surface area (Å²) < 4.78 is 0. The molecule has 0 spiro atoms. The lowest BCUT2D eigenvalue weighted by molar-refractivity contribution is 0.0966. The number of nitrogens with one attached hydrogen (secondary N) is 2. The van der Waals surface area contributed by atoms with Crippen LogP contribution in [0.15, 0.2) is 36.0 Å². The van der Waals surface area contributed by atoms with E-state index in [1.807, 2.05) is 24.4 Å². The first-order valence-electron chi connectivity index (χ1n) is 8.21. The molecule has 7 heteroatoms. The zero-order valence-electron chi connectivity index (χ0n) is 14.0. The predicted molar refractivity (Wildman–Crippen MR) is 103 cm³/mol. The highest BCUT2D eigenvalue weighted by atomic mass is 32.1. The number of thiazole rings is 1. The number of hydrogen-bond acceptors (Lipinski definition) is 5. The third-order valence-electron chi connectivity index (χ3n) is 4.89. The number of aryl methyl sites for hydroxylation is 1. The Hall–Kier alpha value is -3.19. The van der Waals surface area contributed by atoms with Crippen molar-refractivity contribution in [2.45, 2.75) is 13.5 Å². The van der Waals surface area contributed by atoms with Gasteiger partial charge in [0, 0.05) is 34.6 Å². The summed E-state index contributed by atoms with van der Waals surface area (Å²) in [7, 11) is 0. The minimum absolute atomic E-state index is 0.130. The van der Waals surface area contributed by atoms with Gasteiger partial charge in [-0.25, -0.2) is 4.98 Å². The highest BCUT2D eigenvalue weighted by Crippen LogP contribution is 2.43. The minimum atomic E-state index is -0.130. The number of anilines is 1. The number of nitrogen functional groups attached to an aromatic ring is 1. The van der Waals surface area contributed by atoms with Crippen LogP contribution in [0.3, 0.4) is 0 Å². The summed E-state index contributed by atoms with van der Waals surface area (Å²) in [5, 5.41) is 13.9. The van der Waals surface area contributed by atoms with Crippen molar-refractivity contribution in [3.8, 4) is 21.7 Å². The van der Waals surface area contributed by atoms with E-state index in [9.17, 15) is 4.79 Å². The largest absolute Gasteiger partial charge is 0.398 e. The zero-order valence-corrected chi connectivity index (χ0v) is 14.8. The summed E-state index contributed by atoms with van der Waals surface area (Å²) in [6.07, 6.45) is 3.57. The fourth-order valence-electron chi connectivity index (χ4n) is 3.68. The number of benzene rings is 2. The molecule has 1 amide bonds. The summed E-state index contributed by atoms with van der Waals surface area (Å²) in [4.78, 5) is 16.9. The molecule has 0 saturated heterocycles. The molecule has 0 saturated carbocycles. The number of nitrogens with zero attached hydrogens (tertiary/aromatic N) is 2. The summed E-state index contributed by atoms with van der Waals surface area (Å²) >= 11 is 1.55. The first kappa shape index (κ1) is 15.1. The van der Waals surface area contributed by atoms with Crippen LogP contribution >= 0.6 is 11.3 Å². The van der Waals surface area contributed by atoms with Crippen molar-refractivity contribution in [2.24, 2.45) is 0 Å². The molecule has 128 valence electrons. The molecule has 0 radical (unpaired) electrons. The Morgan fingerprint density at radius 3 is 2.92 bits per heavy atom. The number of H-pyrrole nitrogens is 1. The van der Waals surface area contributed by atoms with Gasteiger partial charge in [0.05, 0.1) is 23.0 Å². The van der Waals surface area contributed by atoms with Crippen LogP contribution in [0.25, 0.3) is 32.6 Å². The van der Waals surface area contributed by atoms with Gasteiger partial charge in [0.2, 0.25) is 0 Å². The molecule has 3 heterocycles. The molecule has 2 aromatic carbocycles. The van der Waals surface area contributed by atoms with Crippen molar-refractivity contribution in [3.63, 3.8) is 0 Å². The van der Waals surface area contributed by atoms with Gasteiger partial charge in [-0.2, -0.15) is 5.10 Å². The Kier molecular flexibility index (Phi) is 3.14. The lowest BCUT2D eigenvalue weighted by atomic mass is 9.90. The van der Waals surface area contributed by atoms with Crippen LogP contribution in [0.2, 0.25) is 0 Å². The molecule has 5 rings (SSSR count). The average Bonchev–Trinajstić information content (AvgIpc) is 3.37. The van der Waals surface area contributed by atoms with Gasteiger partial charge in [-0.05, 0) is 35.7 Å². The Bertz CT molecular complexity index is 1180. The van der Waals surface area contributed by atoms with Gasteiger partial charge in [-0.15, -0.1) is 11.3 Å². The summed E-state index contributed by atoms with van der Waals surface area (Å²) in [5.41, 5.74) is 13.3. The minimum Gasteiger partial charge on any atom is -0.398 e. The molecular formula is C19H15N5OS. The topological polar surface area (TPSA) is 96.7 Å². The standard InChI is InChI=1S/C19H15N5OS/c1-9-2-3-14-13(8-23-24-14)15(9)11-6-10(19-21-4-5-26-19)12-7-22-18(25)16(12)17(11)20/h2-6,8H,7,20H2,1H3,(H,22,25)(H,23,24). The van der Waals surface area contributed by atoms with E-state index in [-0.39, 0.29) is 5.91 Å². The van der Waals surface area contributed by atoms with Crippen LogP contribution in [-0.2, 0) is 6.54 Å². The third-order valence-corrected chi connectivity index (χ3v) is 5.70. The SMILES string of the molecule is Cc1ccc2[nH]ncc2c1-c1cc(-c2nccs2)c2c(c1N)C(=O)NC2. The monoisotopic (exact) mass is 361 g/mol. The van der Waals surface area contributed by atoms with Crippen molar-refractivity contribution in [3.05, 3.63) is 52.7 Å². The maximum Gasteiger partial charge on any atom is 0.254 e. The van der Waals surface area contributed by atoms with E-state index in [1.54, 1.807) is 23.7 Å². The van der Waals surface area contributed by atoms with Crippen LogP contribution in [0.1, 0.15) is 21.5 Å². The third kappa shape index (κ3) is 2.01. The first-order chi connectivity index (χ1) is 12.6. The normalized spacial score (nSPS) is 13.2. The van der Waals surface area contributed by atoms with Crippen molar-refractivity contribution in [2.75, 3.05) is 5.73 Å². The van der Waals surface area contributed by atoms with Gasteiger partial charge in [-0.1, -0.05) is 6.07 Å². The van der Waals surface area contributed by atoms with E-state index in [2.05, 4.69) is 26.6 Å². The van der Waals surface area contributed by atoms with Crippen LogP contribution in [0, 0.1) is 6.92 Å². The lowest BCUT2D eigenvalue weighted by Gasteiger charge is -2.16. The number of nitrogens with two attached hydrogens (primary N) is 1. The van der Waals surface area contributed by atoms with E-state index >= 15 is 0 Å². The van der Waals surface area contributed by atoms with E-state index in [1.165, 1.54) is 0 Å². The molecule has 0 aliphatic carbocycles. The van der Waals surface area contributed by atoms with Crippen molar-refractivity contribution in [1.29, 1.82) is 0 Å². The molecule has 2 aromatic heterocycles. The molecule has 1 aliphatic heterocycles. The fraction of sp³-hybridized carbons (Fsp3) is 0.105. The van der Waals surface area contributed by atoms with E-state index in [0.29, 0.717) is 17.8 Å². The quantitative estimate of drug-likeness (QED) is 0.476. The van der Waals surface area contributed by atoms with Gasteiger partial charge < -0.3 is 11.1 Å². The Labute approximate surface area is 153 Å². The summed E-state index contributed by atoms with van der Waals surface area (Å²) in [5.74, 6) is -0.130. The second kappa shape index (κ2) is 5.40. The molecule has 0 fully saturated rings. The number of amides is 1. The second-order valence-corrected chi connectivity index (χ2v) is 7.24. The Morgan fingerprint density at radius 1 is 1.23 bits per heavy atom. The fourth-order valence-corrected chi connectivity index (χ4v) is 4.36. The molecule has 6 nitrogen and oxygen atoms in total. The average molecular weight is 361 g/mol. The number of carbonyl (C=O) groups is 1. The van der Waals surface area contributed by atoms with E-state index in [0.717, 1.165) is 43.7 Å². The molecule has 4 aromatic rings.